The van der Waals surface area contributed by atoms with Crippen LogP contribution in [-0.4, -0.2) is 13.7 Å². The SMILES string of the molecule is COc1ccc(Br)cc1OCCCCCc1ccc(F)cc1. The second kappa shape index (κ2) is 8.79. The first-order valence-corrected chi connectivity index (χ1v) is 8.19. The molecule has 4 heteroatoms. The Morgan fingerprint density at radius 2 is 1.73 bits per heavy atom. The molecule has 22 heavy (non-hydrogen) atoms. The van der Waals surface area contributed by atoms with Crippen LogP contribution in [0, 0.1) is 5.82 Å². The molecule has 0 N–H and O–H groups in total. The van der Waals surface area contributed by atoms with Gasteiger partial charge in [0.15, 0.2) is 11.5 Å². The summed E-state index contributed by atoms with van der Waals surface area (Å²) >= 11 is 3.43. The van der Waals surface area contributed by atoms with Gasteiger partial charge in [0.1, 0.15) is 5.82 Å². The van der Waals surface area contributed by atoms with Crippen LogP contribution in [0.25, 0.3) is 0 Å². The van der Waals surface area contributed by atoms with E-state index in [0.717, 1.165) is 41.7 Å². The van der Waals surface area contributed by atoms with Crippen molar-refractivity contribution in [2.45, 2.75) is 25.7 Å². The molecule has 2 aromatic rings. The van der Waals surface area contributed by atoms with Crippen molar-refractivity contribution in [3.8, 4) is 11.5 Å². The Kier molecular flexibility index (Phi) is 6.72. The zero-order valence-electron chi connectivity index (χ0n) is 12.6. The average molecular weight is 367 g/mol. The van der Waals surface area contributed by atoms with Crippen molar-refractivity contribution in [2.75, 3.05) is 13.7 Å². The lowest BCUT2D eigenvalue weighted by Crippen LogP contribution is -1.99. The van der Waals surface area contributed by atoms with E-state index < -0.39 is 0 Å². The van der Waals surface area contributed by atoms with E-state index in [1.165, 1.54) is 17.7 Å². The molecule has 0 fully saturated rings. The molecule has 0 heterocycles. The van der Waals surface area contributed by atoms with E-state index in [2.05, 4.69) is 15.9 Å². The van der Waals surface area contributed by atoms with E-state index in [4.69, 9.17) is 9.47 Å². The van der Waals surface area contributed by atoms with Crippen LogP contribution in [0.1, 0.15) is 24.8 Å². The zero-order valence-corrected chi connectivity index (χ0v) is 14.2. The number of unbranched alkanes of at least 4 members (excludes halogenated alkanes) is 2. The number of aryl methyl sites for hydroxylation is 1. The minimum absolute atomic E-state index is 0.180. The summed E-state index contributed by atoms with van der Waals surface area (Å²) in [6.07, 6.45) is 4.11. The lowest BCUT2D eigenvalue weighted by molar-refractivity contribution is 0.285. The minimum Gasteiger partial charge on any atom is -0.493 e. The van der Waals surface area contributed by atoms with Gasteiger partial charge < -0.3 is 9.47 Å². The number of halogens is 2. The standard InChI is InChI=1S/C18H20BrFO2/c1-21-17-11-8-15(19)13-18(17)22-12-4-2-3-5-14-6-9-16(20)10-7-14/h6-11,13H,2-5,12H2,1H3. The summed E-state index contributed by atoms with van der Waals surface area (Å²) in [6, 6.07) is 12.4. The van der Waals surface area contributed by atoms with Gasteiger partial charge in [-0.1, -0.05) is 28.1 Å². The summed E-state index contributed by atoms with van der Waals surface area (Å²) in [7, 11) is 1.64. The van der Waals surface area contributed by atoms with Gasteiger partial charge >= 0.3 is 0 Å². The highest BCUT2D eigenvalue weighted by atomic mass is 79.9. The summed E-state index contributed by atoms with van der Waals surface area (Å²) < 4.78 is 24.8. The summed E-state index contributed by atoms with van der Waals surface area (Å²) in [4.78, 5) is 0. The third kappa shape index (κ3) is 5.34. The van der Waals surface area contributed by atoms with Crippen LogP contribution >= 0.6 is 15.9 Å². The van der Waals surface area contributed by atoms with Crippen LogP contribution in [0.15, 0.2) is 46.9 Å². The minimum atomic E-state index is -0.180. The summed E-state index contributed by atoms with van der Waals surface area (Å²) in [5.41, 5.74) is 1.18. The van der Waals surface area contributed by atoms with Crippen molar-refractivity contribution in [1.82, 2.24) is 0 Å². The van der Waals surface area contributed by atoms with E-state index in [9.17, 15) is 4.39 Å². The van der Waals surface area contributed by atoms with Crippen molar-refractivity contribution >= 4 is 15.9 Å². The molecule has 0 saturated carbocycles. The Morgan fingerprint density at radius 3 is 2.45 bits per heavy atom. The number of benzene rings is 2. The molecule has 0 aliphatic heterocycles. The quantitative estimate of drug-likeness (QED) is 0.583. The lowest BCUT2D eigenvalue weighted by Gasteiger charge is -2.11. The number of ether oxygens (including phenoxy) is 2. The molecule has 2 rings (SSSR count). The second-order valence-corrected chi connectivity index (χ2v) is 6.00. The van der Waals surface area contributed by atoms with Crippen LogP contribution in [-0.2, 0) is 6.42 Å². The average Bonchev–Trinajstić information content (AvgIpc) is 2.52. The molecule has 0 atom stereocenters. The van der Waals surface area contributed by atoms with Crippen molar-refractivity contribution in [3.63, 3.8) is 0 Å². The number of hydrogen-bond acceptors (Lipinski definition) is 2. The highest BCUT2D eigenvalue weighted by Gasteiger charge is 2.04. The van der Waals surface area contributed by atoms with E-state index in [-0.39, 0.29) is 5.82 Å². The van der Waals surface area contributed by atoms with Gasteiger partial charge in [-0.15, -0.1) is 0 Å². The van der Waals surface area contributed by atoms with Gasteiger partial charge in [0.05, 0.1) is 13.7 Å². The van der Waals surface area contributed by atoms with Crippen LogP contribution in [0.3, 0.4) is 0 Å². The fourth-order valence-electron chi connectivity index (χ4n) is 2.20. The van der Waals surface area contributed by atoms with Crippen molar-refractivity contribution in [1.29, 1.82) is 0 Å². The fraction of sp³-hybridized carbons (Fsp3) is 0.333. The third-order valence-corrected chi connectivity index (χ3v) is 3.90. The molecule has 0 amide bonds. The van der Waals surface area contributed by atoms with E-state index in [0.29, 0.717) is 6.61 Å². The molecule has 0 spiro atoms. The van der Waals surface area contributed by atoms with Gasteiger partial charge in [-0.25, -0.2) is 4.39 Å². The summed E-state index contributed by atoms with van der Waals surface area (Å²) in [6.45, 7) is 0.663. The van der Waals surface area contributed by atoms with Gasteiger partial charge in [0.25, 0.3) is 0 Å². The molecular formula is C18H20BrFO2. The van der Waals surface area contributed by atoms with Crippen LogP contribution in [0.2, 0.25) is 0 Å². The summed E-state index contributed by atoms with van der Waals surface area (Å²) in [5.74, 6) is 1.32. The molecule has 0 unspecified atom stereocenters. The Labute approximate surface area is 139 Å². The lowest BCUT2D eigenvalue weighted by atomic mass is 10.1. The highest BCUT2D eigenvalue weighted by Crippen LogP contribution is 2.30. The topological polar surface area (TPSA) is 18.5 Å². The molecule has 2 nitrogen and oxygen atoms in total. The van der Waals surface area contributed by atoms with Crippen LogP contribution in [0.5, 0.6) is 11.5 Å². The van der Waals surface area contributed by atoms with Crippen molar-refractivity contribution < 1.29 is 13.9 Å². The number of methoxy groups -OCH3 is 1. The molecule has 0 aromatic heterocycles. The van der Waals surface area contributed by atoms with Gasteiger partial charge in [-0.05, 0) is 61.6 Å². The molecule has 118 valence electrons. The first-order valence-electron chi connectivity index (χ1n) is 7.40. The summed E-state index contributed by atoms with van der Waals surface area (Å²) in [5, 5.41) is 0. The maximum atomic E-state index is 12.8. The smallest absolute Gasteiger partial charge is 0.162 e. The predicted octanol–water partition coefficient (Wildman–Crippen LogP) is 5.39. The Balaban J connectivity index is 1.67. The van der Waals surface area contributed by atoms with Crippen LogP contribution < -0.4 is 9.47 Å². The third-order valence-electron chi connectivity index (χ3n) is 3.41. The Hall–Kier alpha value is -1.55. The molecule has 0 saturated heterocycles. The van der Waals surface area contributed by atoms with E-state index in [1.807, 2.05) is 30.3 Å². The molecule has 2 aromatic carbocycles. The second-order valence-electron chi connectivity index (χ2n) is 5.08. The van der Waals surface area contributed by atoms with Crippen LogP contribution in [0.4, 0.5) is 4.39 Å². The molecule has 0 aliphatic rings. The maximum Gasteiger partial charge on any atom is 0.162 e. The highest BCUT2D eigenvalue weighted by molar-refractivity contribution is 9.10. The van der Waals surface area contributed by atoms with Gasteiger partial charge in [0, 0.05) is 4.47 Å². The van der Waals surface area contributed by atoms with Gasteiger partial charge in [-0.2, -0.15) is 0 Å². The number of rotatable bonds is 8. The molecule has 0 bridgehead atoms. The van der Waals surface area contributed by atoms with Gasteiger partial charge in [-0.3, -0.25) is 0 Å². The van der Waals surface area contributed by atoms with Crippen molar-refractivity contribution in [3.05, 3.63) is 58.3 Å². The first-order chi connectivity index (χ1) is 10.7. The molecule has 0 aliphatic carbocycles. The monoisotopic (exact) mass is 366 g/mol. The first kappa shape index (κ1) is 16.8. The Bertz CT molecular complexity index is 584. The van der Waals surface area contributed by atoms with E-state index in [1.54, 1.807) is 7.11 Å². The maximum absolute atomic E-state index is 12.8. The van der Waals surface area contributed by atoms with E-state index >= 15 is 0 Å². The Morgan fingerprint density at radius 1 is 0.955 bits per heavy atom. The molecule has 0 radical (unpaired) electrons. The fourth-order valence-corrected chi connectivity index (χ4v) is 2.54. The number of hydrogen-bond donors (Lipinski definition) is 0. The molecular weight excluding hydrogens is 347 g/mol. The predicted molar refractivity (Wildman–Crippen MR) is 90.1 cm³/mol. The van der Waals surface area contributed by atoms with Crippen molar-refractivity contribution in [2.24, 2.45) is 0 Å². The normalized spacial score (nSPS) is 10.5. The van der Waals surface area contributed by atoms with Gasteiger partial charge in [0.2, 0.25) is 0 Å². The zero-order chi connectivity index (χ0) is 15.8. The largest absolute Gasteiger partial charge is 0.493 e.